The smallest absolute Gasteiger partial charge is 0.265 e. The molecule has 0 aliphatic heterocycles. The van der Waals surface area contributed by atoms with E-state index in [9.17, 15) is 18.5 Å². The van der Waals surface area contributed by atoms with Gasteiger partial charge in [-0.05, 0) is 48.0 Å². The summed E-state index contributed by atoms with van der Waals surface area (Å²) < 4.78 is 33.4. The van der Waals surface area contributed by atoms with Crippen LogP contribution in [0.25, 0.3) is 11.1 Å². The van der Waals surface area contributed by atoms with Crippen LogP contribution in [0.5, 0.6) is 5.75 Å². The minimum absolute atomic E-state index is 0.0913. The van der Waals surface area contributed by atoms with Gasteiger partial charge in [0.2, 0.25) is 11.9 Å². The van der Waals surface area contributed by atoms with Crippen LogP contribution in [0.4, 0.5) is 17.5 Å². The van der Waals surface area contributed by atoms with Crippen LogP contribution in [0.1, 0.15) is 18.9 Å². The van der Waals surface area contributed by atoms with Crippen LogP contribution in [0.15, 0.2) is 72.0 Å². The zero-order valence-electron chi connectivity index (χ0n) is 20.6. The molecule has 1 amide bonds. The Kier molecular flexibility index (Phi) is 8.30. The second-order valence-corrected chi connectivity index (χ2v) is 10.4. The SMILES string of the molecule is CCC(=O)N(c1ccc(S(=O)(=O)Nc2ncccn2)cn1)c1cc(Cl)c(-c2ccc(Cl)c(C#N)c2)cc1OC. The van der Waals surface area contributed by atoms with Gasteiger partial charge in [0.1, 0.15) is 22.5 Å². The third kappa shape index (κ3) is 5.93. The van der Waals surface area contributed by atoms with Gasteiger partial charge in [0.25, 0.3) is 10.0 Å². The Morgan fingerprint density at radius 1 is 1.08 bits per heavy atom. The number of hydrogen-bond acceptors (Lipinski definition) is 8. The van der Waals surface area contributed by atoms with E-state index in [1.807, 2.05) is 6.07 Å². The van der Waals surface area contributed by atoms with Gasteiger partial charge in [-0.3, -0.25) is 9.69 Å². The molecule has 0 unspecified atom stereocenters. The Morgan fingerprint density at radius 3 is 2.44 bits per heavy atom. The molecule has 0 aliphatic carbocycles. The van der Waals surface area contributed by atoms with Crippen LogP contribution in [0.2, 0.25) is 10.0 Å². The van der Waals surface area contributed by atoms with Crippen LogP contribution in [0.3, 0.4) is 0 Å². The van der Waals surface area contributed by atoms with Crippen LogP contribution in [-0.2, 0) is 14.8 Å². The third-order valence-electron chi connectivity index (χ3n) is 5.51. The van der Waals surface area contributed by atoms with Gasteiger partial charge in [-0.2, -0.15) is 5.26 Å². The standard InChI is InChI=1S/C26H20Cl2N6O4S/c1-3-25(35)34(24-8-6-18(15-32-24)39(36,37)33-26-30-9-4-10-31-26)22-13-21(28)19(12-23(22)38-2)16-5-7-20(27)17(11-16)14-29/h4-13,15H,3H2,1-2H3,(H,30,31,33). The minimum Gasteiger partial charge on any atom is -0.495 e. The molecule has 0 atom stereocenters. The third-order valence-corrected chi connectivity index (χ3v) is 7.47. The monoisotopic (exact) mass is 582 g/mol. The molecule has 2 heterocycles. The molecule has 10 nitrogen and oxygen atoms in total. The Morgan fingerprint density at radius 2 is 1.82 bits per heavy atom. The van der Waals surface area contributed by atoms with Crippen molar-refractivity contribution in [3.05, 3.63) is 82.7 Å². The van der Waals surface area contributed by atoms with Crippen molar-refractivity contribution in [1.82, 2.24) is 15.0 Å². The number of benzene rings is 2. The van der Waals surface area contributed by atoms with E-state index in [1.54, 1.807) is 43.3 Å². The quantitative estimate of drug-likeness (QED) is 0.283. The van der Waals surface area contributed by atoms with Gasteiger partial charge in [-0.25, -0.2) is 28.1 Å². The number of halogens is 2. The van der Waals surface area contributed by atoms with E-state index in [1.165, 1.54) is 36.5 Å². The fraction of sp³-hybridized carbons (Fsp3) is 0.115. The highest BCUT2D eigenvalue weighted by Crippen LogP contribution is 2.42. The van der Waals surface area contributed by atoms with E-state index in [0.29, 0.717) is 27.6 Å². The first-order chi connectivity index (χ1) is 18.7. The molecule has 198 valence electrons. The summed E-state index contributed by atoms with van der Waals surface area (Å²) in [6.07, 6.45) is 4.04. The molecule has 0 radical (unpaired) electrons. The highest BCUT2D eigenvalue weighted by molar-refractivity contribution is 7.92. The zero-order valence-corrected chi connectivity index (χ0v) is 22.9. The lowest BCUT2D eigenvalue weighted by Gasteiger charge is -2.24. The summed E-state index contributed by atoms with van der Waals surface area (Å²) in [5.41, 5.74) is 1.76. The normalized spacial score (nSPS) is 10.9. The fourth-order valence-electron chi connectivity index (χ4n) is 3.62. The lowest BCUT2D eigenvalue weighted by molar-refractivity contribution is -0.117. The van der Waals surface area contributed by atoms with Crippen molar-refractivity contribution in [1.29, 1.82) is 5.26 Å². The van der Waals surface area contributed by atoms with E-state index in [4.69, 9.17) is 27.9 Å². The number of rotatable bonds is 8. The number of methoxy groups -OCH3 is 1. The second-order valence-electron chi connectivity index (χ2n) is 7.92. The number of sulfonamides is 1. The van der Waals surface area contributed by atoms with Gasteiger partial charge in [0, 0.05) is 30.6 Å². The molecular weight excluding hydrogens is 563 g/mol. The Hall–Kier alpha value is -4.24. The minimum atomic E-state index is -4.03. The fourth-order valence-corrected chi connectivity index (χ4v) is 4.95. The Balaban J connectivity index is 1.74. The van der Waals surface area contributed by atoms with Gasteiger partial charge in [-0.1, -0.05) is 36.2 Å². The number of pyridine rings is 1. The van der Waals surface area contributed by atoms with Crippen molar-refractivity contribution >= 4 is 56.6 Å². The molecule has 0 fully saturated rings. The van der Waals surface area contributed by atoms with Crippen LogP contribution < -0.4 is 14.4 Å². The number of hydrogen-bond donors (Lipinski definition) is 1. The molecule has 2 aromatic carbocycles. The summed E-state index contributed by atoms with van der Waals surface area (Å²) in [5, 5.41) is 9.93. The lowest BCUT2D eigenvalue weighted by atomic mass is 10.0. The van der Waals surface area contributed by atoms with E-state index in [2.05, 4.69) is 19.7 Å². The predicted octanol–water partition coefficient (Wildman–Crippen LogP) is 5.60. The highest BCUT2D eigenvalue weighted by Gasteiger charge is 2.25. The number of carbonyl (C=O) groups excluding carboxylic acids is 1. The van der Waals surface area contributed by atoms with Crippen molar-refractivity contribution in [3.63, 3.8) is 0 Å². The molecule has 4 rings (SSSR count). The number of nitriles is 1. The predicted molar refractivity (Wildman–Crippen MR) is 148 cm³/mol. The second kappa shape index (κ2) is 11.7. The topological polar surface area (TPSA) is 138 Å². The lowest BCUT2D eigenvalue weighted by Crippen LogP contribution is -2.26. The largest absolute Gasteiger partial charge is 0.495 e. The number of amides is 1. The first-order valence-corrected chi connectivity index (χ1v) is 13.6. The number of anilines is 3. The Bertz CT molecular complexity index is 1680. The van der Waals surface area contributed by atoms with Gasteiger partial charge in [-0.15, -0.1) is 0 Å². The molecule has 0 bridgehead atoms. The average molecular weight is 583 g/mol. The molecule has 4 aromatic rings. The maximum atomic E-state index is 13.1. The summed E-state index contributed by atoms with van der Waals surface area (Å²) in [5.74, 6) is 0.0175. The van der Waals surface area contributed by atoms with Gasteiger partial charge < -0.3 is 4.74 Å². The molecule has 0 saturated carbocycles. The molecule has 39 heavy (non-hydrogen) atoms. The van der Waals surface area contributed by atoms with Crippen molar-refractivity contribution in [2.45, 2.75) is 18.2 Å². The highest BCUT2D eigenvalue weighted by atomic mass is 35.5. The molecule has 0 saturated heterocycles. The first-order valence-electron chi connectivity index (χ1n) is 11.3. The Labute approximate surface area is 234 Å². The van der Waals surface area contributed by atoms with Gasteiger partial charge in [0.05, 0.1) is 28.4 Å². The van der Waals surface area contributed by atoms with E-state index in [-0.39, 0.29) is 39.6 Å². The van der Waals surface area contributed by atoms with Crippen molar-refractivity contribution in [2.24, 2.45) is 0 Å². The summed E-state index contributed by atoms with van der Waals surface area (Å²) in [7, 11) is -2.59. The van der Waals surface area contributed by atoms with Gasteiger partial charge >= 0.3 is 0 Å². The summed E-state index contributed by atoms with van der Waals surface area (Å²) in [6.45, 7) is 1.68. The van der Waals surface area contributed by atoms with Crippen molar-refractivity contribution < 1.29 is 17.9 Å². The van der Waals surface area contributed by atoms with E-state index in [0.717, 1.165) is 6.20 Å². The molecule has 1 N–H and O–H groups in total. The molecule has 0 spiro atoms. The zero-order chi connectivity index (χ0) is 28.2. The van der Waals surface area contributed by atoms with E-state index >= 15 is 0 Å². The number of carbonyl (C=O) groups is 1. The maximum Gasteiger partial charge on any atom is 0.265 e. The maximum absolute atomic E-state index is 13.1. The molecule has 0 aliphatic rings. The van der Waals surface area contributed by atoms with E-state index < -0.39 is 10.0 Å². The molecule has 2 aromatic heterocycles. The van der Waals surface area contributed by atoms with Crippen molar-refractivity contribution in [3.8, 4) is 22.9 Å². The molecule has 13 heteroatoms. The number of nitrogens with one attached hydrogen (secondary N) is 1. The number of aromatic nitrogens is 3. The first kappa shape index (κ1) is 27.8. The van der Waals surface area contributed by atoms with Crippen LogP contribution in [-0.4, -0.2) is 36.4 Å². The van der Waals surface area contributed by atoms with Crippen molar-refractivity contribution in [2.75, 3.05) is 16.7 Å². The number of nitrogens with zero attached hydrogens (tertiary/aromatic N) is 5. The summed E-state index contributed by atoms with van der Waals surface area (Å²) in [6, 6.07) is 14.4. The summed E-state index contributed by atoms with van der Waals surface area (Å²) in [4.78, 5) is 26.2. The summed E-state index contributed by atoms with van der Waals surface area (Å²) >= 11 is 12.7. The number of ether oxygens (including phenoxy) is 1. The molecular formula is C26H20Cl2N6O4S. The van der Waals surface area contributed by atoms with Gasteiger partial charge in [0.15, 0.2) is 0 Å². The van der Waals surface area contributed by atoms with Crippen LogP contribution in [0, 0.1) is 11.3 Å². The van der Waals surface area contributed by atoms with Crippen LogP contribution >= 0.6 is 23.2 Å². The average Bonchev–Trinajstić information content (AvgIpc) is 2.94.